The molecule has 1 aromatic carbocycles. The van der Waals surface area contributed by atoms with Crippen LogP contribution in [0.15, 0.2) is 41.1 Å². The van der Waals surface area contributed by atoms with E-state index in [1.807, 2.05) is 25.1 Å². The highest BCUT2D eigenvalue weighted by Crippen LogP contribution is 2.24. The Morgan fingerprint density at radius 3 is 2.79 bits per heavy atom. The van der Waals surface area contributed by atoms with Crippen LogP contribution in [0.1, 0.15) is 27.8 Å². The highest BCUT2D eigenvalue weighted by Gasteiger charge is 2.29. The summed E-state index contributed by atoms with van der Waals surface area (Å²) in [6.45, 7) is 2.44. The number of Topliss-reactive ketones (excluding diaryl/α,β-unsaturated/α-hetero) is 2. The number of thiophene rings is 1. The van der Waals surface area contributed by atoms with Crippen LogP contribution in [-0.2, 0) is 0 Å². The van der Waals surface area contributed by atoms with Crippen LogP contribution < -0.4 is 4.74 Å². The van der Waals surface area contributed by atoms with E-state index < -0.39 is 17.5 Å². The number of nitriles is 1. The van der Waals surface area contributed by atoms with Gasteiger partial charge >= 0.3 is 0 Å². The summed E-state index contributed by atoms with van der Waals surface area (Å²) >= 11 is 1.35. The molecule has 0 unspecified atom stereocenters. The number of fused-ring (bicyclic) bond motifs is 1. The summed E-state index contributed by atoms with van der Waals surface area (Å²) in [5, 5.41) is 13.5. The normalized spacial score (nSPS) is 11.8. The van der Waals surface area contributed by atoms with E-state index in [-0.39, 0.29) is 5.69 Å². The van der Waals surface area contributed by atoms with Gasteiger partial charge < -0.3 is 9.72 Å². The summed E-state index contributed by atoms with van der Waals surface area (Å²) in [4.78, 5) is 27.9. The van der Waals surface area contributed by atoms with E-state index in [4.69, 9.17) is 4.74 Å². The zero-order valence-corrected chi connectivity index (χ0v) is 13.7. The molecular weight excluding hydrogens is 324 g/mol. The minimum Gasteiger partial charge on any atom is -0.494 e. The molecule has 1 N–H and O–H groups in total. The molecule has 2 heterocycles. The van der Waals surface area contributed by atoms with Crippen molar-refractivity contribution in [1.82, 2.24) is 4.98 Å². The second-order valence-electron chi connectivity index (χ2n) is 5.17. The summed E-state index contributed by atoms with van der Waals surface area (Å²) < 4.78 is 5.43. The Labute approximate surface area is 142 Å². The van der Waals surface area contributed by atoms with E-state index in [0.29, 0.717) is 17.9 Å². The van der Waals surface area contributed by atoms with Gasteiger partial charge in [-0.2, -0.15) is 16.6 Å². The summed E-state index contributed by atoms with van der Waals surface area (Å²) in [5.74, 6) is -1.66. The van der Waals surface area contributed by atoms with Gasteiger partial charge in [-0.15, -0.1) is 0 Å². The fraction of sp³-hybridized carbons (Fsp3) is 0.167. The van der Waals surface area contributed by atoms with Gasteiger partial charge in [0.05, 0.1) is 18.4 Å². The number of ketones is 2. The molecular formula is C18H14N2O3S. The Bertz CT molecular complexity index is 935. The summed E-state index contributed by atoms with van der Waals surface area (Å²) in [6.07, 6.45) is 0. The molecule has 2 aromatic heterocycles. The van der Waals surface area contributed by atoms with E-state index in [0.717, 1.165) is 10.9 Å². The Balaban J connectivity index is 1.92. The van der Waals surface area contributed by atoms with Crippen LogP contribution in [0, 0.1) is 17.2 Å². The molecule has 0 amide bonds. The number of H-pyrrole nitrogens is 1. The van der Waals surface area contributed by atoms with Gasteiger partial charge in [0.15, 0.2) is 11.7 Å². The lowest BCUT2D eigenvalue weighted by molar-refractivity contribution is 0.0843. The van der Waals surface area contributed by atoms with Gasteiger partial charge in [-0.05, 0) is 36.6 Å². The molecule has 120 valence electrons. The third kappa shape index (κ3) is 2.94. The van der Waals surface area contributed by atoms with E-state index in [1.54, 1.807) is 29.0 Å². The van der Waals surface area contributed by atoms with E-state index >= 15 is 0 Å². The SMILES string of the molecule is CCOc1ccc2cc(C(=O)[C@@H](C#N)C(=O)c3ccsc3)[nH]c2c1. The second kappa shape index (κ2) is 6.69. The van der Waals surface area contributed by atoms with Crippen molar-refractivity contribution in [1.29, 1.82) is 5.26 Å². The van der Waals surface area contributed by atoms with Gasteiger partial charge in [0.25, 0.3) is 0 Å². The maximum Gasteiger partial charge on any atom is 0.204 e. The molecule has 0 aliphatic rings. The second-order valence-corrected chi connectivity index (χ2v) is 5.95. The average molecular weight is 338 g/mol. The van der Waals surface area contributed by atoms with Crippen molar-refractivity contribution >= 4 is 33.8 Å². The van der Waals surface area contributed by atoms with Gasteiger partial charge in [-0.25, -0.2) is 0 Å². The maximum absolute atomic E-state index is 12.6. The quantitative estimate of drug-likeness (QED) is 0.547. The maximum atomic E-state index is 12.6. The number of aromatic amines is 1. The van der Waals surface area contributed by atoms with Gasteiger partial charge in [0, 0.05) is 27.9 Å². The molecule has 0 fully saturated rings. The van der Waals surface area contributed by atoms with E-state index in [1.165, 1.54) is 11.3 Å². The first-order chi connectivity index (χ1) is 11.6. The molecule has 24 heavy (non-hydrogen) atoms. The Morgan fingerprint density at radius 1 is 1.29 bits per heavy atom. The molecule has 0 radical (unpaired) electrons. The number of ether oxygens (including phenoxy) is 1. The van der Waals surface area contributed by atoms with Gasteiger partial charge in [0.1, 0.15) is 5.75 Å². The third-order valence-corrected chi connectivity index (χ3v) is 4.31. The molecule has 0 aliphatic carbocycles. The van der Waals surface area contributed by atoms with Crippen LogP contribution in [0.4, 0.5) is 0 Å². The Kier molecular flexibility index (Phi) is 4.45. The van der Waals surface area contributed by atoms with Gasteiger partial charge in [0.2, 0.25) is 5.78 Å². The monoisotopic (exact) mass is 338 g/mol. The van der Waals surface area contributed by atoms with Crippen LogP contribution in [-0.4, -0.2) is 23.2 Å². The predicted molar refractivity (Wildman–Crippen MR) is 91.6 cm³/mol. The zero-order chi connectivity index (χ0) is 17.1. The van der Waals surface area contributed by atoms with Crippen molar-refractivity contribution in [2.45, 2.75) is 6.92 Å². The standard InChI is InChI=1S/C18H14N2O3S/c1-2-23-13-4-3-11-7-16(20-15(11)8-13)18(22)14(9-19)17(21)12-5-6-24-10-12/h3-8,10,14,20H,2H2,1H3/t14-/m0/s1. The minimum absolute atomic E-state index is 0.244. The number of rotatable bonds is 6. The molecule has 0 bridgehead atoms. The smallest absolute Gasteiger partial charge is 0.204 e. The fourth-order valence-corrected chi connectivity index (χ4v) is 3.10. The Hall–Kier alpha value is -2.91. The number of carbonyl (C=O) groups is 2. The zero-order valence-electron chi connectivity index (χ0n) is 12.9. The molecule has 3 aromatic rings. The minimum atomic E-state index is -1.35. The number of nitrogens with one attached hydrogen (secondary N) is 1. The predicted octanol–water partition coefficient (Wildman–Crippen LogP) is 3.83. The highest BCUT2D eigenvalue weighted by molar-refractivity contribution is 7.08. The molecule has 1 atom stereocenters. The first kappa shape index (κ1) is 16.0. The summed E-state index contributed by atoms with van der Waals surface area (Å²) in [5.41, 5.74) is 1.35. The average Bonchev–Trinajstić information content (AvgIpc) is 3.24. The van der Waals surface area contributed by atoms with E-state index in [2.05, 4.69) is 4.98 Å². The largest absolute Gasteiger partial charge is 0.494 e. The van der Waals surface area contributed by atoms with Crippen molar-refractivity contribution in [3.8, 4) is 11.8 Å². The molecule has 0 saturated heterocycles. The van der Waals surface area contributed by atoms with Crippen LogP contribution in [0.2, 0.25) is 0 Å². The number of benzene rings is 1. The number of nitrogens with zero attached hydrogens (tertiary/aromatic N) is 1. The van der Waals surface area contributed by atoms with Crippen molar-refractivity contribution in [2.24, 2.45) is 5.92 Å². The fourth-order valence-electron chi connectivity index (χ4n) is 2.46. The summed E-state index contributed by atoms with van der Waals surface area (Å²) in [7, 11) is 0. The van der Waals surface area contributed by atoms with Crippen molar-refractivity contribution < 1.29 is 14.3 Å². The Morgan fingerprint density at radius 2 is 2.12 bits per heavy atom. The lowest BCUT2D eigenvalue weighted by Crippen LogP contribution is -2.22. The van der Waals surface area contributed by atoms with Crippen LogP contribution in [0.25, 0.3) is 10.9 Å². The van der Waals surface area contributed by atoms with Crippen molar-refractivity contribution in [3.63, 3.8) is 0 Å². The van der Waals surface area contributed by atoms with Gasteiger partial charge in [-0.1, -0.05) is 0 Å². The van der Waals surface area contributed by atoms with Gasteiger partial charge in [-0.3, -0.25) is 9.59 Å². The molecule has 6 heteroatoms. The van der Waals surface area contributed by atoms with Crippen molar-refractivity contribution in [2.75, 3.05) is 6.61 Å². The van der Waals surface area contributed by atoms with Crippen LogP contribution >= 0.6 is 11.3 Å². The third-order valence-electron chi connectivity index (χ3n) is 3.63. The number of hydrogen-bond donors (Lipinski definition) is 1. The first-order valence-corrected chi connectivity index (χ1v) is 8.34. The number of aromatic nitrogens is 1. The van der Waals surface area contributed by atoms with Crippen molar-refractivity contribution in [3.05, 3.63) is 52.3 Å². The lowest BCUT2D eigenvalue weighted by atomic mass is 9.95. The number of hydrogen-bond acceptors (Lipinski definition) is 5. The molecule has 0 saturated carbocycles. The molecule has 0 aliphatic heterocycles. The highest BCUT2D eigenvalue weighted by atomic mass is 32.1. The molecule has 3 rings (SSSR count). The molecule has 0 spiro atoms. The first-order valence-electron chi connectivity index (χ1n) is 7.40. The van der Waals surface area contributed by atoms with Crippen LogP contribution in [0.3, 0.4) is 0 Å². The van der Waals surface area contributed by atoms with E-state index in [9.17, 15) is 14.9 Å². The topological polar surface area (TPSA) is 82.9 Å². The summed E-state index contributed by atoms with van der Waals surface area (Å²) in [6, 6.07) is 10.5. The van der Waals surface area contributed by atoms with Crippen LogP contribution in [0.5, 0.6) is 5.75 Å². The molecule has 5 nitrogen and oxygen atoms in total. The lowest BCUT2D eigenvalue weighted by Gasteiger charge is -2.04. The number of carbonyl (C=O) groups excluding carboxylic acids is 2.